The predicted molar refractivity (Wildman–Crippen MR) is 16.4 cm³/mol. The van der Waals surface area contributed by atoms with Gasteiger partial charge in [-0.3, -0.25) is 0 Å². The molecule has 0 spiro atoms. The summed E-state index contributed by atoms with van der Waals surface area (Å²) in [6, 6.07) is 0. The molecule has 4 heteroatoms. The molecule has 0 aromatic rings. The monoisotopic (exact) mass is 190 g/mol. The number of hydrogen-bond acceptors (Lipinski definition) is 1. The molecule has 0 unspecified atom stereocenters. The van der Waals surface area contributed by atoms with Crippen molar-refractivity contribution in [2.75, 3.05) is 0 Å². The summed E-state index contributed by atoms with van der Waals surface area (Å²) in [5.74, 6) is 0. The normalized spacial score (nSPS) is 1.00. The minimum absolute atomic E-state index is 0. The Morgan fingerprint density at radius 2 is 1.25 bits per heavy atom. The van der Waals surface area contributed by atoms with Gasteiger partial charge < -0.3 is 0 Å². The van der Waals surface area contributed by atoms with Gasteiger partial charge in [-0.1, -0.05) is 0 Å². The van der Waals surface area contributed by atoms with Gasteiger partial charge in [0.2, 0.25) is 0 Å². The van der Waals surface area contributed by atoms with Crippen molar-refractivity contribution in [2.45, 2.75) is 0 Å². The first kappa shape index (κ1) is 17.0. The van der Waals surface area contributed by atoms with Crippen molar-refractivity contribution in [3.63, 3.8) is 0 Å². The van der Waals surface area contributed by atoms with Crippen LogP contribution < -0.4 is 0 Å². The molecule has 0 amide bonds. The van der Waals surface area contributed by atoms with Gasteiger partial charge >= 0.3 is 39.1 Å². The van der Waals surface area contributed by atoms with Gasteiger partial charge in [-0.25, -0.2) is 0 Å². The van der Waals surface area contributed by atoms with E-state index in [1.54, 1.807) is 0 Å². The molecule has 0 bridgehead atoms. The Hall–Kier alpha value is 1.82. The SMILES string of the molecule is [LiH].[O]=[GeH2].[Zr]. The van der Waals surface area contributed by atoms with Crippen LogP contribution in [0, 0.1) is 0 Å². The van der Waals surface area contributed by atoms with Crippen molar-refractivity contribution in [3.05, 3.63) is 0 Å². The second-order valence-electron chi connectivity index (χ2n) is 0. The second kappa shape index (κ2) is 21.2. The van der Waals surface area contributed by atoms with E-state index in [4.69, 9.17) is 3.78 Å². The van der Waals surface area contributed by atoms with Crippen molar-refractivity contribution in [3.8, 4) is 0 Å². The van der Waals surface area contributed by atoms with Crippen LogP contribution in [0.25, 0.3) is 0 Å². The van der Waals surface area contributed by atoms with Crippen LogP contribution in [0.5, 0.6) is 0 Å². The van der Waals surface area contributed by atoms with E-state index in [1.807, 2.05) is 0 Å². The first-order valence-corrected chi connectivity index (χ1v) is 1.50. The van der Waals surface area contributed by atoms with Gasteiger partial charge in [0.15, 0.2) is 0 Å². The molecular weight excluding hydrogens is 187 g/mol. The molecule has 0 aliphatic rings. The zero-order valence-electron chi connectivity index (χ0n) is 1.62. The van der Waals surface area contributed by atoms with Crippen LogP contribution in [-0.2, 0) is 30.0 Å². The van der Waals surface area contributed by atoms with E-state index in [9.17, 15) is 0 Å². The fraction of sp³-hybridized carbons (Fsp3) is 0. The fourth-order valence-corrected chi connectivity index (χ4v) is 0. The second-order valence-corrected chi connectivity index (χ2v) is 0. The minimum Gasteiger partial charge on any atom is 0 e. The topological polar surface area (TPSA) is 17.1 Å². The Labute approximate surface area is 64.6 Å². The molecule has 18 valence electrons. The van der Waals surface area contributed by atoms with Crippen LogP contribution in [0.2, 0.25) is 0 Å². The molecule has 0 fully saturated rings. The standard InChI is InChI=1S/GeH2O.Li.Zr.H/c1-2;;;/h1H2;;;. The van der Waals surface area contributed by atoms with Crippen LogP contribution in [0.3, 0.4) is 0 Å². The molecule has 0 N–H and O–H groups in total. The Morgan fingerprint density at radius 3 is 1.25 bits per heavy atom. The predicted octanol–water partition coefficient (Wildman–Crippen LogP) is -1.69. The first-order chi connectivity index (χ1) is 1.00. The van der Waals surface area contributed by atoms with E-state index < -0.39 is 0 Å². The molecule has 0 heterocycles. The third-order valence-corrected chi connectivity index (χ3v) is 0. The summed E-state index contributed by atoms with van der Waals surface area (Å²) in [5.41, 5.74) is 0. The number of rotatable bonds is 0. The molecule has 0 saturated carbocycles. The maximum atomic E-state index is 8.38. The quantitative estimate of drug-likeness (QED) is 0.416. The third-order valence-electron chi connectivity index (χ3n) is 0. The van der Waals surface area contributed by atoms with Crippen molar-refractivity contribution >= 4 is 35.3 Å². The zero-order valence-corrected chi connectivity index (χ0v) is 7.04. The minimum atomic E-state index is 0. The van der Waals surface area contributed by atoms with Gasteiger partial charge in [-0.2, -0.15) is 0 Å². The van der Waals surface area contributed by atoms with Crippen LogP contribution in [-0.4, -0.2) is 35.3 Å². The molecule has 0 saturated heterocycles. The molecule has 0 radical (unpaired) electrons. The van der Waals surface area contributed by atoms with Crippen molar-refractivity contribution in [1.29, 1.82) is 0 Å². The van der Waals surface area contributed by atoms with Crippen molar-refractivity contribution in [2.24, 2.45) is 0 Å². The van der Waals surface area contributed by atoms with E-state index in [-0.39, 0.29) is 61.5 Å². The van der Waals surface area contributed by atoms with Gasteiger partial charge in [0, 0.05) is 26.2 Å². The molecule has 0 rings (SSSR count). The number of hydrogen-bond donors (Lipinski definition) is 0. The van der Waals surface area contributed by atoms with Crippen LogP contribution >= 0.6 is 0 Å². The molecule has 0 aliphatic heterocycles. The molecule has 1 nitrogen and oxygen atoms in total. The Morgan fingerprint density at radius 1 is 1.25 bits per heavy atom. The van der Waals surface area contributed by atoms with Gasteiger partial charge in [0.25, 0.3) is 0 Å². The zero-order chi connectivity index (χ0) is 2.00. The van der Waals surface area contributed by atoms with Gasteiger partial charge in [-0.05, 0) is 0 Å². The Bertz CT molecular complexity index is 8.00. The summed E-state index contributed by atoms with van der Waals surface area (Å²) >= 11 is 0.125. The summed E-state index contributed by atoms with van der Waals surface area (Å²) < 4.78 is 8.38. The van der Waals surface area contributed by atoms with E-state index in [0.29, 0.717) is 0 Å². The van der Waals surface area contributed by atoms with Crippen molar-refractivity contribution in [1.82, 2.24) is 0 Å². The van der Waals surface area contributed by atoms with Crippen LogP contribution in [0.1, 0.15) is 0 Å². The molecular formula is H3GeLiOZr. The van der Waals surface area contributed by atoms with E-state index >= 15 is 0 Å². The van der Waals surface area contributed by atoms with E-state index in [1.165, 1.54) is 0 Å². The molecule has 0 aromatic carbocycles. The van der Waals surface area contributed by atoms with Crippen molar-refractivity contribution < 1.29 is 30.0 Å². The molecule has 0 aromatic heterocycles. The Balaban J connectivity index is -0.00000000500. The first-order valence-electron chi connectivity index (χ1n) is 0.289. The third kappa shape index (κ3) is 9.17. The smallest absolute Gasteiger partial charge is 0 e. The van der Waals surface area contributed by atoms with Gasteiger partial charge in [0.1, 0.15) is 0 Å². The van der Waals surface area contributed by atoms with E-state index in [2.05, 4.69) is 0 Å². The average molecular weight is 190 g/mol. The van der Waals surface area contributed by atoms with Gasteiger partial charge in [-0.15, -0.1) is 0 Å². The summed E-state index contributed by atoms with van der Waals surface area (Å²) in [6.07, 6.45) is 0. The summed E-state index contributed by atoms with van der Waals surface area (Å²) in [5, 5.41) is 0. The van der Waals surface area contributed by atoms with Crippen LogP contribution in [0.4, 0.5) is 0 Å². The average Bonchev–Trinajstić information content (AvgIpc) is 1.00. The fourth-order valence-electron chi connectivity index (χ4n) is 0. The largest absolute Gasteiger partial charge is 0 e. The molecule has 0 atom stereocenters. The molecule has 0 aliphatic carbocycles. The maximum absolute atomic E-state index is 8.38. The summed E-state index contributed by atoms with van der Waals surface area (Å²) in [7, 11) is 0. The van der Waals surface area contributed by atoms with Crippen LogP contribution in [0.15, 0.2) is 0 Å². The summed E-state index contributed by atoms with van der Waals surface area (Å²) in [4.78, 5) is 0. The van der Waals surface area contributed by atoms with Gasteiger partial charge in [0.05, 0.1) is 0 Å². The molecule has 4 heavy (non-hydrogen) atoms. The Kier molecular flexibility index (Phi) is 90.1. The summed E-state index contributed by atoms with van der Waals surface area (Å²) in [6.45, 7) is 0. The van der Waals surface area contributed by atoms with E-state index in [0.717, 1.165) is 0 Å². The maximum Gasteiger partial charge on any atom is 0 e.